The van der Waals surface area contributed by atoms with Crippen LogP contribution in [0.1, 0.15) is 30.1 Å². The number of pyridine rings is 1. The van der Waals surface area contributed by atoms with Crippen molar-refractivity contribution in [2.45, 2.75) is 25.9 Å². The summed E-state index contributed by atoms with van der Waals surface area (Å²) in [7, 11) is 0. The normalized spacial score (nSPS) is 12.3. The molecular weight excluding hydrogens is 258 g/mol. The predicted molar refractivity (Wildman–Crippen MR) is 74.7 cm³/mol. The van der Waals surface area contributed by atoms with Crippen molar-refractivity contribution in [3.63, 3.8) is 0 Å². The third kappa shape index (κ3) is 3.03. The van der Waals surface area contributed by atoms with E-state index in [9.17, 15) is 14.7 Å². The molecule has 1 amide bonds. The Labute approximate surface area is 116 Å². The maximum atomic E-state index is 12.1. The molecule has 0 aliphatic heterocycles. The minimum absolute atomic E-state index is 0.0302. The van der Waals surface area contributed by atoms with Gasteiger partial charge in [-0.15, -0.1) is 0 Å². The predicted octanol–water partition coefficient (Wildman–Crippen LogP) is 0.585. The number of hydrogen-bond donors (Lipinski definition) is 2. The lowest BCUT2D eigenvalue weighted by Gasteiger charge is -2.10. The van der Waals surface area contributed by atoms with Gasteiger partial charge >= 0.3 is 0 Å². The van der Waals surface area contributed by atoms with Gasteiger partial charge in [0.2, 0.25) is 0 Å². The van der Waals surface area contributed by atoms with Gasteiger partial charge in [-0.1, -0.05) is 19.4 Å². The first-order valence-electron chi connectivity index (χ1n) is 6.56. The second kappa shape index (κ2) is 6.29. The van der Waals surface area contributed by atoms with Crippen molar-refractivity contribution in [3.05, 3.63) is 46.5 Å². The first-order chi connectivity index (χ1) is 9.63. The Hall–Kier alpha value is -2.21. The summed E-state index contributed by atoms with van der Waals surface area (Å²) in [5.41, 5.74) is 0.0375. The number of amides is 1. The Morgan fingerprint density at radius 2 is 2.30 bits per heavy atom. The summed E-state index contributed by atoms with van der Waals surface area (Å²) in [5.74, 6) is -0.518. The third-order valence-corrected chi connectivity index (χ3v) is 2.98. The van der Waals surface area contributed by atoms with Gasteiger partial charge in [0.05, 0.1) is 6.10 Å². The fraction of sp³-hybridized carbons (Fsp3) is 0.357. The average Bonchev–Trinajstić information content (AvgIpc) is 2.46. The molecule has 6 nitrogen and oxygen atoms in total. The van der Waals surface area contributed by atoms with Gasteiger partial charge in [0.25, 0.3) is 11.5 Å². The zero-order valence-electron chi connectivity index (χ0n) is 11.2. The quantitative estimate of drug-likeness (QED) is 0.836. The number of nitrogens with zero attached hydrogens (tertiary/aromatic N) is 2. The topological polar surface area (TPSA) is 83.7 Å². The van der Waals surface area contributed by atoms with Crippen molar-refractivity contribution in [2.24, 2.45) is 0 Å². The summed E-state index contributed by atoms with van der Waals surface area (Å²) >= 11 is 0. The highest BCUT2D eigenvalue weighted by molar-refractivity contribution is 5.93. The van der Waals surface area contributed by atoms with Crippen molar-refractivity contribution in [3.8, 4) is 0 Å². The highest BCUT2D eigenvalue weighted by Gasteiger charge is 2.14. The largest absolute Gasteiger partial charge is 0.391 e. The number of carbonyl (C=O) groups is 1. The molecule has 0 fully saturated rings. The first kappa shape index (κ1) is 14.2. The Morgan fingerprint density at radius 3 is 3.05 bits per heavy atom. The van der Waals surface area contributed by atoms with Crippen LogP contribution in [0.25, 0.3) is 5.65 Å². The molecule has 106 valence electrons. The number of aliphatic hydroxyl groups excluding tert-OH is 1. The van der Waals surface area contributed by atoms with Crippen LogP contribution in [-0.2, 0) is 0 Å². The first-order valence-corrected chi connectivity index (χ1v) is 6.56. The van der Waals surface area contributed by atoms with Crippen LogP contribution in [0.4, 0.5) is 0 Å². The molecule has 0 bridgehead atoms. The van der Waals surface area contributed by atoms with Crippen LogP contribution in [0, 0.1) is 0 Å². The molecule has 0 saturated carbocycles. The molecule has 6 heteroatoms. The Bertz CT molecular complexity index is 666. The number of nitrogens with one attached hydrogen (secondary N) is 1. The van der Waals surface area contributed by atoms with Crippen LogP contribution >= 0.6 is 0 Å². The van der Waals surface area contributed by atoms with E-state index in [1.54, 1.807) is 24.4 Å². The van der Waals surface area contributed by atoms with Crippen molar-refractivity contribution in [2.75, 3.05) is 6.54 Å². The molecule has 1 atom stereocenters. The molecule has 0 saturated heterocycles. The molecule has 0 aromatic carbocycles. The van der Waals surface area contributed by atoms with E-state index >= 15 is 0 Å². The van der Waals surface area contributed by atoms with Crippen molar-refractivity contribution in [1.82, 2.24) is 14.7 Å². The van der Waals surface area contributed by atoms with Gasteiger partial charge in [-0.3, -0.25) is 14.0 Å². The van der Waals surface area contributed by atoms with E-state index in [-0.39, 0.29) is 12.1 Å². The van der Waals surface area contributed by atoms with E-state index in [2.05, 4.69) is 10.3 Å². The van der Waals surface area contributed by atoms with E-state index in [1.165, 1.54) is 10.6 Å². The van der Waals surface area contributed by atoms with Gasteiger partial charge in [-0.25, -0.2) is 4.98 Å². The number of fused-ring (bicyclic) bond motifs is 1. The third-order valence-electron chi connectivity index (χ3n) is 2.98. The monoisotopic (exact) mass is 275 g/mol. The van der Waals surface area contributed by atoms with E-state index in [1.807, 2.05) is 6.92 Å². The van der Waals surface area contributed by atoms with Crippen LogP contribution in [0.3, 0.4) is 0 Å². The van der Waals surface area contributed by atoms with Gasteiger partial charge in [-0.05, 0) is 18.6 Å². The summed E-state index contributed by atoms with van der Waals surface area (Å²) in [6.07, 6.45) is 3.67. The summed E-state index contributed by atoms with van der Waals surface area (Å²) in [5, 5.41) is 12.1. The van der Waals surface area contributed by atoms with Crippen LogP contribution in [-0.4, -0.2) is 33.0 Å². The minimum atomic E-state index is -0.597. The lowest BCUT2D eigenvalue weighted by Crippen LogP contribution is -2.36. The number of aromatic nitrogens is 2. The molecule has 1 unspecified atom stereocenters. The maximum absolute atomic E-state index is 12.1. The summed E-state index contributed by atoms with van der Waals surface area (Å²) < 4.78 is 1.32. The molecule has 20 heavy (non-hydrogen) atoms. The van der Waals surface area contributed by atoms with Crippen LogP contribution in [0.2, 0.25) is 0 Å². The molecule has 2 aromatic heterocycles. The van der Waals surface area contributed by atoms with Gasteiger partial charge in [0.1, 0.15) is 11.2 Å². The molecule has 2 aromatic rings. The number of aliphatic hydroxyl groups is 1. The zero-order valence-corrected chi connectivity index (χ0v) is 11.2. The molecular formula is C14H17N3O3. The maximum Gasteiger partial charge on any atom is 0.270 e. The summed E-state index contributed by atoms with van der Waals surface area (Å²) in [6, 6.07) is 5.15. The van der Waals surface area contributed by atoms with Crippen molar-refractivity contribution < 1.29 is 9.90 Å². The van der Waals surface area contributed by atoms with E-state index in [0.29, 0.717) is 12.1 Å². The van der Waals surface area contributed by atoms with Crippen molar-refractivity contribution in [1.29, 1.82) is 0 Å². The Kier molecular flexibility index (Phi) is 4.47. The van der Waals surface area contributed by atoms with Crippen LogP contribution < -0.4 is 10.9 Å². The van der Waals surface area contributed by atoms with E-state index < -0.39 is 17.6 Å². The SMILES string of the molecule is CCCC(O)CNC(=O)c1cnc2ccccn2c1=O. The number of carbonyl (C=O) groups excluding carboxylic acids is 1. The van der Waals surface area contributed by atoms with Gasteiger partial charge < -0.3 is 10.4 Å². The Morgan fingerprint density at radius 1 is 1.50 bits per heavy atom. The summed E-state index contributed by atoms with van der Waals surface area (Å²) in [4.78, 5) is 28.1. The van der Waals surface area contributed by atoms with E-state index in [4.69, 9.17) is 0 Å². The lowest BCUT2D eigenvalue weighted by atomic mass is 10.2. The average molecular weight is 275 g/mol. The molecule has 2 rings (SSSR count). The van der Waals surface area contributed by atoms with Crippen LogP contribution in [0.15, 0.2) is 35.4 Å². The molecule has 0 aliphatic carbocycles. The highest BCUT2D eigenvalue weighted by atomic mass is 16.3. The summed E-state index contributed by atoms with van der Waals surface area (Å²) in [6.45, 7) is 2.08. The lowest BCUT2D eigenvalue weighted by molar-refractivity contribution is 0.0908. The molecule has 2 heterocycles. The fourth-order valence-corrected chi connectivity index (χ4v) is 1.92. The minimum Gasteiger partial charge on any atom is -0.391 e. The standard InChI is InChI=1S/C14H17N3O3/c1-2-5-10(18)8-16-13(19)11-9-15-12-6-3-4-7-17(12)14(11)20/h3-4,6-7,9-10,18H,2,5,8H2,1H3,(H,16,19). The van der Waals surface area contributed by atoms with Crippen LogP contribution in [0.5, 0.6) is 0 Å². The second-order valence-corrected chi connectivity index (χ2v) is 4.56. The van der Waals surface area contributed by atoms with Gasteiger partial charge in [0, 0.05) is 18.9 Å². The molecule has 0 radical (unpaired) electrons. The molecule has 0 aliphatic rings. The van der Waals surface area contributed by atoms with Gasteiger partial charge in [-0.2, -0.15) is 0 Å². The van der Waals surface area contributed by atoms with Gasteiger partial charge in [0.15, 0.2) is 0 Å². The highest BCUT2D eigenvalue weighted by Crippen LogP contribution is 1.98. The van der Waals surface area contributed by atoms with E-state index in [0.717, 1.165) is 6.42 Å². The van der Waals surface area contributed by atoms with Crippen molar-refractivity contribution >= 4 is 11.6 Å². The Balaban J connectivity index is 2.18. The number of hydrogen-bond acceptors (Lipinski definition) is 4. The smallest absolute Gasteiger partial charge is 0.270 e. The zero-order chi connectivity index (χ0) is 14.5. The second-order valence-electron chi connectivity index (χ2n) is 4.56. The molecule has 0 spiro atoms. The fourth-order valence-electron chi connectivity index (χ4n) is 1.92. The molecule has 2 N–H and O–H groups in total. The number of rotatable bonds is 5.